The topological polar surface area (TPSA) is 111 Å². The molecule has 9 nitrogen and oxygen atoms in total. The molecule has 182 valence electrons. The molecule has 0 radical (unpaired) electrons. The summed E-state index contributed by atoms with van der Waals surface area (Å²) in [5.74, 6) is -0.579. The number of halogens is 1. The fourth-order valence-electron chi connectivity index (χ4n) is 4.72. The third kappa shape index (κ3) is 4.03. The number of aryl methyl sites for hydroxylation is 1. The Labute approximate surface area is 200 Å². The predicted molar refractivity (Wildman–Crippen MR) is 131 cm³/mol. The van der Waals surface area contributed by atoms with Crippen LogP contribution in [0, 0.1) is 11.2 Å². The van der Waals surface area contributed by atoms with Gasteiger partial charge in [-0.25, -0.2) is 9.18 Å². The summed E-state index contributed by atoms with van der Waals surface area (Å²) in [6.07, 6.45) is 8.61. The van der Waals surface area contributed by atoms with E-state index in [0.29, 0.717) is 47.2 Å². The summed E-state index contributed by atoms with van der Waals surface area (Å²) >= 11 is 0. The molecule has 2 unspecified atom stereocenters. The monoisotopic (exact) mass is 478 g/mol. The van der Waals surface area contributed by atoms with E-state index in [4.69, 9.17) is 14.6 Å². The maximum Gasteiger partial charge on any atom is 0.349 e. The second-order valence-corrected chi connectivity index (χ2v) is 8.74. The molecule has 1 fully saturated rings. The number of rotatable bonds is 6. The molecule has 3 aromatic heterocycles. The molecule has 1 saturated heterocycles. The maximum absolute atomic E-state index is 15.0. The molecule has 0 aliphatic carbocycles. The second-order valence-electron chi connectivity index (χ2n) is 8.74. The van der Waals surface area contributed by atoms with Gasteiger partial charge in [-0.1, -0.05) is 6.92 Å². The zero-order chi connectivity index (χ0) is 24.7. The third-order valence-electron chi connectivity index (χ3n) is 6.47. The van der Waals surface area contributed by atoms with Gasteiger partial charge in [-0.2, -0.15) is 10.1 Å². The van der Waals surface area contributed by atoms with Crippen molar-refractivity contribution in [3.8, 4) is 11.3 Å². The van der Waals surface area contributed by atoms with Gasteiger partial charge in [0.15, 0.2) is 5.58 Å². The van der Waals surface area contributed by atoms with Crippen LogP contribution in [-0.4, -0.2) is 44.8 Å². The first-order valence-electron chi connectivity index (χ1n) is 11.6. The molecule has 1 aromatic carbocycles. The Balaban J connectivity index is 1.82. The van der Waals surface area contributed by atoms with Gasteiger partial charge in [-0.05, 0) is 37.6 Å². The van der Waals surface area contributed by atoms with Gasteiger partial charge in [0, 0.05) is 55.5 Å². The van der Waals surface area contributed by atoms with E-state index in [2.05, 4.69) is 22.3 Å². The number of hydrogen-bond donors (Lipinski definition) is 2. The molecule has 1 aliphatic rings. The molecule has 4 aromatic rings. The molecule has 2 N–H and O–H groups in total. The van der Waals surface area contributed by atoms with Crippen molar-refractivity contribution < 1.29 is 13.5 Å². The van der Waals surface area contributed by atoms with Crippen molar-refractivity contribution in [1.29, 1.82) is 5.41 Å². The smallest absolute Gasteiger partial charge is 0.349 e. The number of allylic oxidation sites excluding steroid dienone is 1. The molecule has 0 saturated carbocycles. The Kier molecular flexibility index (Phi) is 5.98. The molecule has 0 amide bonds. The lowest BCUT2D eigenvalue weighted by atomic mass is 10.00. The van der Waals surface area contributed by atoms with Crippen LogP contribution in [0.4, 0.5) is 4.39 Å². The molecule has 0 bridgehead atoms. The van der Waals surface area contributed by atoms with Crippen LogP contribution in [0.3, 0.4) is 0 Å². The minimum atomic E-state index is -0.579. The van der Waals surface area contributed by atoms with Crippen molar-refractivity contribution >= 4 is 27.8 Å². The van der Waals surface area contributed by atoms with Gasteiger partial charge in [0.1, 0.15) is 22.6 Å². The van der Waals surface area contributed by atoms with Gasteiger partial charge >= 0.3 is 5.69 Å². The van der Waals surface area contributed by atoms with E-state index in [0.717, 1.165) is 6.42 Å². The average Bonchev–Trinajstić information content (AvgIpc) is 3.44. The first-order chi connectivity index (χ1) is 16.9. The third-order valence-corrected chi connectivity index (χ3v) is 6.47. The van der Waals surface area contributed by atoms with Crippen LogP contribution in [0.15, 0.2) is 46.0 Å². The minimum Gasteiger partial charge on any atom is -0.452 e. The van der Waals surface area contributed by atoms with Crippen LogP contribution in [-0.2, 0) is 11.8 Å². The summed E-state index contributed by atoms with van der Waals surface area (Å²) in [5.41, 5.74) is 1.92. The van der Waals surface area contributed by atoms with Gasteiger partial charge < -0.3 is 19.9 Å². The number of ether oxygens (including phenoxy) is 1. The molecule has 2 atom stereocenters. The highest BCUT2D eigenvalue weighted by Gasteiger charge is 2.29. The number of nitrogens with one attached hydrogen (secondary N) is 2. The number of furan rings is 1. The summed E-state index contributed by atoms with van der Waals surface area (Å²) in [4.78, 5) is 17.9. The maximum atomic E-state index is 15.0. The van der Waals surface area contributed by atoms with E-state index in [9.17, 15) is 4.79 Å². The molecule has 1 aliphatic heterocycles. The summed E-state index contributed by atoms with van der Waals surface area (Å²) in [7, 11) is 3.48. The van der Waals surface area contributed by atoms with E-state index >= 15 is 4.39 Å². The molecule has 5 rings (SSSR count). The van der Waals surface area contributed by atoms with Crippen LogP contribution < -0.4 is 11.0 Å². The summed E-state index contributed by atoms with van der Waals surface area (Å²) in [5, 5.41) is 15.9. The Hall–Kier alpha value is -3.79. The Morgan fingerprint density at radius 3 is 2.94 bits per heavy atom. The van der Waals surface area contributed by atoms with Crippen LogP contribution >= 0.6 is 0 Å². The van der Waals surface area contributed by atoms with Crippen molar-refractivity contribution in [2.24, 2.45) is 7.05 Å². The average molecular weight is 479 g/mol. The van der Waals surface area contributed by atoms with E-state index in [-0.39, 0.29) is 29.0 Å². The summed E-state index contributed by atoms with van der Waals surface area (Å²) in [6.45, 7) is 2.60. The lowest BCUT2D eigenvalue weighted by Gasteiger charge is -2.30. The highest BCUT2D eigenvalue weighted by Crippen LogP contribution is 2.38. The fourth-order valence-corrected chi connectivity index (χ4v) is 4.72. The molecular formula is C25H27FN6O3. The quantitative estimate of drug-likeness (QED) is 0.407. The van der Waals surface area contributed by atoms with Crippen LogP contribution in [0.5, 0.6) is 0 Å². The number of hydrogen-bond acceptors (Lipinski definition) is 7. The normalized spacial score (nSPS) is 18.6. The molecule has 10 heteroatoms. The first kappa shape index (κ1) is 23.0. The van der Waals surface area contributed by atoms with Gasteiger partial charge in [-0.3, -0.25) is 9.25 Å². The predicted octanol–water partition coefficient (Wildman–Crippen LogP) is 3.91. The SMILES string of the molecule is CCC1CC(n2c(=O)nc(-c3cnn(C)c3)c3oc4cc(F)c(C(=N)/C=C\NC)cc4c32)CCO1. The number of aromatic nitrogens is 4. The number of fused-ring (bicyclic) bond motifs is 3. The van der Waals surface area contributed by atoms with E-state index in [1.165, 1.54) is 12.1 Å². The largest absolute Gasteiger partial charge is 0.452 e. The number of nitrogens with zero attached hydrogens (tertiary/aromatic N) is 4. The van der Waals surface area contributed by atoms with Gasteiger partial charge in [0.2, 0.25) is 0 Å². The van der Waals surface area contributed by atoms with E-state index in [1.54, 1.807) is 48.0 Å². The summed E-state index contributed by atoms with van der Waals surface area (Å²) < 4.78 is 30.3. The van der Waals surface area contributed by atoms with Crippen molar-refractivity contribution in [3.05, 3.63) is 58.7 Å². The van der Waals surface area contributed by atoms with Crippen LogP contribution in [0.2, 0.25) is 0 Å². The Bertz CT molecular complexity index is 1520. The zero-order valence-corrected chi connectivity index (χ0v) is 19.8. The highest BCUT2D eigenvalue weighted by molar-refractivity contribution is 6.12. The van der Waals surface area contributed by atoms with Crippen molar-refractivity contribution in [1.82, 2.24) is 24.6 Å². The lowest BCUT2D eigenvalue weighted by Crippen LogP contribution is -2.34. The van der Waals surface area contributed by atoms with Crippen molar-refractivity contribution in [3.63, 3.8) is 0 Å². The van der Waals surface area contributed by atoms with Gasteiger partial charge in [-0.15, -0.1) is 0 Å². The second kappa shape index (κ2) is 9.10. The van der Waals surface area contributed by atoms with Gasteiger partial charge in [0.25, 0.3) is 0 Å². The Morgan fingerprint density at radius 2 is 2.23 bits per heavy atom. The fraction of sp³-hybridized carbons (Fsp3) is 0.360. The molecule has 0 spiro atoms. The first-order valence-corrected chi connectivity index (χ1v) is 11.6. The number of benzene rings is 1. The standard InChI is InChI=1S/C25H27FN6O3/c1-4-16-9-15(6-8-34-16)32-23-18-10-17(20(27)5-7-28-2)19(26)11-21(18)35-24(23)22(30-25(32)33)14-12-29-31(3)13-14/h5,7,10-13,15-16,27-28H,4,6,8-9H2,1-3H3/b7-5-,27-20?. The molecule has 35 heavy (non-hydrogen) atoms. The van der Waals surface area contributed by atoms with Crippen molar-refractivity contribution in [2.75, 3.05) is 13.7 Å². The Morgan fingerprint density at radius 1 is 1.40 bits per heavy atom. The zero-order valence-electron chi connectivity index (χ0n) is 19.8. The molecular weight excluding hydrogens is 451 g/mol. The summed E-state index contributed by atoms with van der Waals surface area (Å²) in [6, 6.07) is 2.71. The van der Waals surface area contributed by atoms with Gasteiger partial charge in [0.05, 0.1) is 18.0 Å². The minimum absolute atomic E-state index is 0.000601. The lowest BCUT2D eigenvalue weighted by molar-refractivity contribution is -0.00709. The van der Waals surface area contributed by atoms with E-state index < -0.39 is 11.5 Å². The van der Waals surface area contributed by atoms with E-state index in [1.807, 2.05) is 0 Å². The van der Waals surface area contributed by atoms with Crippen molar-refractivity contribution in [2.45, 2.75) is 38.3 Å². The van der Waals surface area contributed by atoms with Crippen LogP contribution in [0.1, 0.15) is 37.8 Å². The molecule has 4 heterocycles. The highest BCUT2D eigenvalue weighted by atomic mass is 19.1. The van der Waals surface area contributed by atoms with Crippen LogP contribution in [0.25, 0.3) is 33.3 Å².